The Morgan fingerprint density at radius 3 is 2.65 bits per heavy atom. The number of rotatable bonds is 4. The lowest BCUT2D eigenvalue weighted by Gasteiger charge is -2.10. The van der Waals surface area contributed by atoms with Crippen molar-refractivity contribution >= 4 is 40.5 Å². The lowest BCUT2D eigenvalue weighted by Crippen LogP contribution is -2.20. The maximum Gasteiger partial charge on any atom is 0.262 e. The molecule has 4 nitrogen and oxygen atoms in total. The Kier molecular flexibility index (Phi) is 4.71. The number of nitrogen functional groups attached to an aromatic ring is 1. The van der Waals surface area contributed by atoms with Gasteiger partial charge in [-0.25, -0.2) is 0 Å². The van der Waals surface area contributed by atoms with E-state index in [0.717, 1.165) is 0 Å². The van der Waals surface area contributed by atoms with Gasteiger partial charge in [0, 0.05) is 5.69 Å². The normalized spacial score (nSPS) is 10.1. The highest BCUT2D eigenvalue weighted by Gasteiger charge is 2.08. The summed E-state index contributed by atoms with van der Waals surface area (Å²) in [7, 11) is 0. The van der Waals surface area contributed by atoms with E-state index in [0.29, 0.717) is 27.2 Å². The Morgan fingerprint density at radius 1 is 1.15 bits per heavy atom. The van der Waals surface area contributed by atoms with Crippen molar-refractivity contribution in [2.45, 2.75) is 0 Å². The van der Waals surface area contributed by atoms with Gasteiger partial charge in [0.15, 0.2) is 6.61 Å². The molecule has 104 valence electrons. The van der Waals surface area contributed by atoms with Gasteiger partial charge < -0.3 is 15.8 Å². The standard InChI is InChI=1S/C14H12Cl2N2O2/c15-10-6-5-9(17)7-12(10)18-14(19)8-20-13-4-2-1-3-11(13)16/h1-7H,8,17H2,(H,18,19). The predicted molar refractivity (Wildman–Crippen MR) is 81.4 cm³/mol. The Balaban J connectivity index is 1.96. The van der Waals surface area contributed by atoms with Crippen LogP contribution in [0.3, 0.4) is 0 Å². The number of carbonyl (C=O) groups is 1. The van der Waals surface area contributed by atoms with E-state index in [4.69, 9.17) is 33.7 Å². The second-order valence-corrected chi connectivity index (χ2v) is 4.82. The number of halogens is 2. The maximum atomic E-state index is 11.8. The molecule has 0 bridgehead atoms. The van der Waals surface area contributed by atoms with E-state index in [2.05, 4.69) is 5.32 Å². The fourth-order valence-electron chi connectivity index (χ4n) is 1.53. The van der Waals surface area contributed by atoms with Gasteiger partial charge in [-0.15, -0.1) is 0 Å². The minimum absolute atomic E-state index is 0.172. The van der Waals surface area contributed by atoms with Gasteiger partial charge in [-0.1, -0.05) is 35.3 Å². The molecule has 0 spiro atoms. The first-order valence-corrected chi connectivity index (χ1v) is 6.54. The van der Waals surface area contributed by atoms with E-state index in [-0.39, 0.29) is 12.5 Å². The summed E-state index contributed by atoms with van der Waals surface area (Å²) in [6.07, 6.45) is 0. The van der Waals surface area contributed by atoms with E-state index in [1.54, 1.807) is 42.5 Å². The van der Waals surface area contributed by atoms with Crippen LogP contribution in [0.15, 0.2) is 42.5 Å². The van der Waals surface area contributed by atoms with Gasteiger partial charge in [0.25, 0.3) is 5.91 Å². The number of hydrogen-bond acceptors (Lipinski definition) is 3. The molecule has 0 heterocycles. The molecule has 0 saturated carbocycles. The molecule has 0 aromatic heterocycles. The fourth-order valence-corrected chi connectivity index (χ4v) is 1.89. The molecule has 0 aliphatic heterocycles. The number of nitrogens with one attached hydrogen (secondary N) is 1. The van der Waals surface area contributed by atoms with Gasteiger partial charge in [-0.05, 0) is 30.3 Å². The van der Waals surface area contributed by atoms with Gasteiger partial charge in [0.1, 0.15) is 5.75 Å². The van der Waals surface area contributed by atoms with Gasteiger partial charge in [-0.2, -0.15) is 0 Å². The van der Waals surface area contributed by atoms with Gasteiger partial charge >= 0.3 is 0 Å². The van der Waals surface area contributed by atoms with Crippen LogP contribution in [0.4, 0.5) is 11.4 Å². The zero-order chi connectivity index (χ0) is 14.5. The Hall–Kier alpha value is -1.91. The highest BCUT2D eigenvalue weighted by molar-refractivity contribution is 6.34. The van der Waals surface area contributed by atoms with Crippen LogP contribution < -0.4 is 15.8 Å². The third-order valence-electron chi connectivity index (χ3n) is 2.46. The fraction of sp³-hybridized carbons (Fsp3) is 0.0714. The molecule has 0 unspecified atom stereocenters. The molecular weight excluding hydrogens is 299 g/mol. The third kappa shape index (κ3) is 3.79. The molecule has 0 fully saturated rings. The van der Waals surface area contributed by atoms with Crippen LogP contribution in [0.5, 0.6) is 5.75 Å². The molecule has 2 aromatic rings. The molecule has 0 aliphatic rings. The second-order valence-electron chi connectivity index (χ2n) is 4.01. The van der Waals surface area contributed by atoms with Crippen LogP contribution in [0.25, 0.3) is 0 Å². The lowest BCUT2D eigenvalue weighted by molar-refractivity contribution is -0.118. The van der Waals surface area contributed by atoms with E-state index in [1.165, 1.54) is 0 Å². The average Bonchev–Trinajstić information content (AvgIpc) is 2.42. The number of hydrogen-bond donors (Lipinski definition) is 2. The summed E-state index contributed by atoms with van der Waals surface area (Å²) in [5.74, 6) is 0.0976. The van der Waals surface area contributed by atoms with Crippen LogP contribution in [-0.2, 0) is 4.79 Å². The highest BCUT2D eigenvalue weighted by atomic mass is 35.5. The molecule has 0 saturated heterocycles. The minimum Gasteiger partial charge on any atom is -0.482 e. The van der Waals surface area contributed by atoms with Crippen molar-refractivity contribution in [1.29, 1.82) is 0 Å². The topological polar surface area (TPSA) is 64.3 Å². The Bertz CT molecular complexity index is 632. The van der Waals surface area contributed by atoms with Crippen LogP contribution in [0.1, 0.15) is 0 Å². The summed E-state index contributed by atoms with van der Waals surface area (Å²) in [6, 6.07) is 11.8. The molecule has 20 heavy (non-hydrogen) atoms. The van der Waals surface area contributed by atoms with Crippen molar-refractivity contribution in [3.8, 4) is 5.75 Å². The Morgan fingerprint density at radius 2 is 1.90 bits per heavy atom. The van der Waals surface area contributed by atoms with E-state index >= 15 is 0 Å². The summed E-state index contributed by atoms with van der Waals surface area (Å²) in [6.45, 7) is -0.172. The Labute approximate surface area is 126 Å². The molecule has 6 heteroatoms. The number of carbonyl (C=O) groups excluding carboxylic acids is 1. The van der Waals surface area contributed by atoms with Gasteiger partial charge in [0.2, 0.25) is 0 Å². The monoisotopic (exact) mass is 310 g/mol. The molecule has 0 atom stereocenters. The number of anilines is 2. The first-order valence-electron chi connectivity index (χ1n) is 5.78. The largest absolute Gasteiger partial charge is 0.482 e. The smallest absolute Gasteiger partial charge is 0.262 e. The zero-order valence-electron chi connectivity index (χ0n) is 10.4. The summed E-state index contributed by atoms with van der Waals surface area (Å²) in [4.78, 5) is 11.8. The second kappa shape index (κ2) is 6.50. The van der Waals surface area contributed by atoms with Crippen molar-refractivity contribution in [1.82, 2.24) is 0 Å². The molecule has 3 N–H and O–H groups in total. The first kappa shape index (κ1) is 14.5. The SMILES string of the molecule is Nc1ccc(Cl)c(NC(=O)COc2ccccc2Cl)c1. The molecule has 0 radical (unpaired) electrons. The number of nitrogens with two attached hydrogens (primary N) is 1. The average molecular weight is 311 g/mol. The first-order chi connectivity index (χ1) is 9.56. The number of para-hydroxylation sites is 1. The quantitative estimate of drug-likeness (QED) is 0.848. The summed E-state index contributed by atoms with van der Waals surface area (Å²) >= 11 is 11.9. The lowest BCUT2D eigenvalue weighted by atomic mass is 10.3. The van der Waals surface area contributed by atoms with Crippen LogP contribution >= 0.6 is 23.2 Å². The van der Waals surface area contributed by atoms with Crippen LogP contribution in [-0.4, -0.2) is 12.5 Å². The zero-order valence-corrected chi connectivity index (χ0v) is 11.9. The minimum atomic E-state index is -0.350. The molecular formula is C14H12Cl2N2O2. The summed E-state index contributed by atoms with van der Waals surface area (Å²) in [5, 5.41) is 3.48. The molecule has 2 aromatic carbocycles. The van der Waals surface area contributed by atoms with Crippen molar-refractivity contribution in [3.05, 3.63) is 52.5 Å². The van der Waals surface area contributed by atoms with E-state index in [1.807, 2.05) is 0 Å². The van der Waals surface area contributed by atoms with E-state index in [9.17, 15) is 4.79 Å². The van der Waals surface area contributed by atoms with Gasteiger partial charge in [0.05, 0.1) is 15.7 Å². The number of amides is 1. The number of benzene rings is 2. The summed E-state index contributed by atoms with van der Waals surface area (Å²) in [5.41, 5.74) is 6.58. The van der Waals surface area contributed by atoms with Crippen LogP contribution in [0.2, 0.25) is 10.0 Å². The van der Waals surface area contributed by atoms with Crippen molar-refractivity contribution in [3.63, 3.8) is 0 Å². The predicted octanol–water partition coefficient (Wildman–Crippen LogP) is 3.59. The number of ether oxygens (including phenoxy) is 1. The molecule has 0 aliphatic carbocycles. The maximum absolute atomic E-state index is 11.8. The molecule has 1 amide bonds. The van der Waals surface area contributed by atoms with Gasteiger partial charge in [-0.3, -0.25) is 4.79 Å². The molecule has 2 rings (SSSR count). The van der Waals surface area contributed by atoms with Crippen molar-refractivity contribution in [2.24, 2.45) is 0 Å². The highest BCUT2D eigenvalue weighted by Crippen LogP contribution is 2.25. The summed E-state index contributed by atoms with van der Waals surface area (Å²) < 4.78 is 5.32. The van der Waals surface area contributed by atoms with Crippen molar-refractivity contribution < 1.29 is 9.53 Å². The third-order valence-corrected chi connectivity index (χ3v) is 3.10. The van der Waals surface area contributed by atoms with Crippen molar-refractivity contribution in [2.75, 3.05) is 17.7 Å². The van der Waals surface area contributed by atoms with E-state index < -0.39 is 0 Å². The van der Waals surface area contributed by atoms with Crippen LogP contribution in [0, 0.1) is 0 Å².